The summed E-state index contributed by atoms with van der Waals surface area (Å²) in [4.78, 5) is 0. The van der Waals surface area contributed by atoms with Crippen molar-refractivity contribution in [3.8, 4) is 0 Å². The fraction of sp³-hybridized carbons (Fsp3) is 0.222. The number of hydrogen-bond donors (Lipinski definition) is 1. The van der Waals surface area contributed by atoms with Gasteiger partial charge in [-0.1, -0.05) is 36.4 Å². The van der Waals surface area contributed by atoms with Crippen LogP contribution in [0.5, 0.6) is 0 Å². The molecule has 2 nitrogen and oxygen atoms in total. The molecule has 0 radical (unpaired) electrons. The molecule has 102 valence electrons. The predicted octanol–water partition coefficient (Wildman–Crippen LogP) is 4.21. The first-order valence-corrected chi connectivity index (χ1v) is 7.08. The third kappa shape index (κ3) is 2.12. The number of nitrogens with zero attached hydrogens (tertiary/aromatic N) is 1. The number of aliphatic hydroxyl groups is 1. The lowest BCUT2D eigenvalue weighted by atomic mass is 10.1. The SMILES string of the molecule is CCn1c2ccccc2c2cc(/C=C/C(C)O)ccc21. The summed E-state index contributed by atoms with van der Waals surface area (Å²) in [7, 11) is 0. The molecule has 0 saturated carbocycles. The van der Waals surface area contributed by atoms with Gasteiger partial charge in [0.1, 0.15) is 0 Å². The minimum absolute atomic E-state index is 0.414. The van der Waals surface area contributed by atoms with Gasteiger partial charge in [0.2, 0.25) is 0 Å². The minimum Gasteiger partial charge on any atom is -0.389 e. The summed E-state index contributed by atoms with van der Waals surface area (Å²) >= 11 is 0. The van der Waals surface area contributed by atoms with Gasteiger partial charge < -0.3 is 9.67 Å². The average Bonchev–Trinajstić information content (AvgIpc) is 2.78. The van der Waals surface area contributed by atoms with Gasteiger partial charge >= 0.3 is 0 Å². The first-order chi connectivity index (χ1) is 9.70. The Kier molecular flexibility index (Phi) is 3.33. The van der Waals surface area contributed by atoms with Gasteiger partial charge in [-0.05, 0) is 37.6 Å². The Balaban J connectivity index is 2.26. The summed E-state index contributed by atoms with van der Waals surface area (Å²) in [5, 5.41) is 11.9. The van der Waals surface area contributed by atoms with Crippen LogP contribution in [0.15, 0.2) is 48.5 Å². The van der Waals surface area contributed by atoms with E-state index in [0.717, 1.165) is 12.1 Å². The molecule has 1 N–H and O–H groups in total. The quantitative estimate of drug-likeness (QED) is 0.754. The Morgan fingerprint density at radius 3 is 2.60 bits per heavy atom. The van der Waals surface area contributed by atoms with E-state index in [1.54, 1.807) is 13.0 Å². The molecule has 0 aliphatic rings. The zero-order valence-corrected chi connectivity index (χ0v) is 11.9. The summed E-state index contributed by atoms with van der Waals surface area (Å²) in [5.74, 6) is 0. The fourth-order valence-corrected chi connectivity index (χ4v) is 2.77. The lowest BCUT2D eigenvalue weighted by Gasteiger charge is -2.02. The lowest BCUT2D eigenvalue weighted by Crippen LogP contribution is -1.93. The zero-order chi connectivity index (χ0) is 14.1. The molecule has 1 aromatic heterocycles. The molecule has 2 heteroatoms. The molecule has 3 rings (SSSR count). The van der Waals surface area contributed by atoms with Crippen LogP contribution in [0.4, 0.5) is 0 Å². The van der Waals surface area contributed by atoms with Crippen LogP contribution in [0.1, 0.15) is 19.4 Å². The average molecular weight is 265 g/mol. The van der Waals surface area contributed by atoms with Gasteiger partial charge in [-0.2, -0.15) is 0 Å². The molecule has 0 fully saturated rings. The largest absolute Gasteiger partial charge is 0.389 e. The van der Waals surface area contributed by atoms with Crippen molar-refractivity contribution in [2.75, 3.05) is 0 Å². The third-order valence-corrected chi connectivity index (χ3v) is 3.68. The van der Waals surface area contributed by atoms with Crippen molar-refractivity contribution in [1.29, 1.82) is 0 Å². The molecular formula is C18H19NO. The molecule has 0 bridgehead atoms. The van der Waals surface area contributed by atoms with Crippen LogP contribution in [0, 0.1) is 0 Å². The number of hydrogen-bond acceptors (Lipinski definition) is 1. The second kappa shape index (κ2) is 5.14. The van der Waals surface area contributed by atoms with Crippen molar-refractivity contribution in [2.45, 2.75) is 26.5 Å². The standard InChI is InChI=1S/C18H19NO/c1-3-19-17-7-5-4-6-15(17)16-12-14(9-8-13(2)20)10-11-18(16)19/h4-13,20H,3H2,1-2H3/b9-8+. The van der Waals surface area contributed by atoms with Crippen molar-refractivity contribution in [3.05, 3.63) is 54.1 Å². The molecule has 0 aliphatic heterocycles. The maximum atomic E-state index is 9.35. The van der Waals surface area contributed by atoms with Crippen LogP contribution in [-0.2, 0) is 6.54 Å². The number of fused-ring (bicyclic) bond motifs is 3. The fourth-order valence-electron chi connectivity index (χ4n) is 2.77. The Morgan fingerprint density at radius 2 is 1.85 bits per heavy atom. The molecule has 2 aromatic carbocycles. The molecule has 1 unspecified atom stereocenters. The number of aryl methyl sites for hydroxylation is 1. The number of aliphatic hydroxyl groups excluding tert-OH is 1. The van der Waals surface area contributed by atoms with Gasteiger partial charge in [-0.25, -0.2) is 0 Å². The van der Waals surface area contributed by atoms with Crippen molar-refractivity contribution < 1.29 is 5.11 Å². The second-order valence-electron chi connectivity index (χ2n) is 5.14. The first kappa shape index (κ1) is 12.9. The smallest absolute Gasteiger partial charge is 0.0696 e. The van der Waals surface area contributed by atoms with Gasteiger partial charge in [0, 0.05) is 28.4 Å². The number of para-hydroxylation sites is 1. The topological polar surface area (TPSA) is 25.2 Å². The van der Waals surface area contributed by atoms with E-state index in [2.05, 4.69) is 54.0 Å². The van der Waals surface area contributed by atoms with E-state index < -0.39 is 6.10 Å². The number of aromatic nitrogens is 1. The summed E-state index contributed by atoms with van der Waals surface area (Å²) in [5.41, 5.74) is 3.67. The Labute approximate surface area is 119 Å². The molecule has 3 aromatic rings. The highest BCUT2D eigenvalue weighted by Crippen LogP contribution is 2.29. The summed E-state index contributed by atoms with van der Waals surface area (Å²) in [6.45, 7) is 4.90. The summed E-state index contributed by atoms with van der Waals surface area (Å²) in [6, 6.07) is 15.0. The van der Waals surface area contributed by atoms with E-state index >= 15 is 0 Å². The first-order valence-electron chi connectivity index (χ1n) is 7.08. The molecule has 20 heavy (non-hydrogen) atoms. The lowest BCUT2D eigenvalue weighted by molar-refractivity contribution is 0.245. The van der Waals surface area contributed by atoms with Crippen molar-refractivity contribution in [1.82, 2.24) is 4.57 Å². The van der Waals surface area contributed by atoms with E-state index in [0.29, 0.717) is 0 Å². The van der Waals surface area contributed by atoms with Gasteiger partial charge in [-0.15, -0.1) is 0 Å². The molecule has 0 saturated heterocycles. The van der Waals surface area contributed by atoms with Crippen LogP contribution in [0.3, 0.4) is 0 Å². The maximum absolute atomic E-state index is 9.35. The third-order valence-electron chi connectivity index (χ3n) is 3.68. The van der Waals surface area contributed by atoms with E-state index in [1.807, 2.05) is 6.08 Å². The van der Waals surface area contributed by atoms with Crippen LogP contribution in [-0.4, -0.2) is 15.8 Å². The normalized spacial score (nSPS) is 13.6. The monoisotopic (exact) mass is 265 g/mol. The number of benzene rings is 2. The van der Waals surface area contributed by atoms with Crippen molar-refractivity contribution in [3.63, 3.8) is 0 Å². The molecule has 0 spiro atoms. The van der Waals surface area contributed by atoms with Gasteiger partial charge in [0.05, 0.1) is 6.10 Å². The molecular weight excluding hydrogens is 246 g/mol. The van der Waals surface area contributed by atoms with Crippen LogP contribution in [0.2, 0.25) is 0 Å². The molecule has 0 amide bonds. The van der Waals surface area contributed by atoms with E-state index in [9.17, 15) is 5.11 Å². The van der Waals surface area contributed by atoms with Crippen molar-refractivity contribution >= 4 is 27.9 Å². The molecule has 1 heterocycles. The maximum Gasteiger partial charge on any atom is 0.0696 e. The number of rotatable bonds is 3. The molecule has 0 aliphatic carbocycles. The van der Waals surface area contributed by atoms with E-state index in [1.165, 1.54) is 21.8 Å². The summed E-state index contributed by atoms with van der Waals surface area (Å²) in [6.07, 6.45) is 3.37. The highest BCUT2D eigenvalue weighted by Gasteiger charge is 2.08. The van der Waals surface area contributed by atoms with E-state index in [4.69, 9.17) is 0 Å². The van der Waals surface area contributed by atoms with Gasteiger partial charge in [0.25, 0.3) is 0 Å². The Hall–Kier alpha value is -2.06. The van der Waals surface area contributed by atoms with Crippen LogP contribution < -0.4 is 0 Å². The molecule has 1 atom stereocenters. The van der Waals surface area contributed by atoms with Crippen molar-refractivity contribution in [2.24, 2.45) is 0 Å². The second-order valence-corrected chi connectivity index (χ2v) is 5.14. The minimum atomic E-state index is -0.414. The zero-order valence-electron chi connectivity index (χ0n) is 11.9. The summed E-state index contributed by atoms with van der Waals surface area (Å²) < 4.78 is 2.34. The highest BCUT2D eigenvalue weighted by molar-refractivity contribution is 6.08. The van der Waals surface area contributed by atoms with Crippen LogP contribution >= 0.6 is 0 Å². The predicted molar refractivity (Wildman–Crippen MR) is 85.8 cm³/mol. The van der Waals surface area contributed by atoms with Gasteiger partial charge in [0.15, 0.2) is 0 Å². The van der Waals surface area contributed by atoms with Gasteiger partial charge in [-0.3, -0.25) is 0 Å². The van der Waals surface area contributed by atoms with E-state index in [-0.39, 0.29) is 0 Å². The van der Waals surface area contributed by atoms with Crippen LogP contribution in [0.25, 0.3) is 27.9 Å². The highest BCUT2D eigenvalue weighted by atomic mass is 16.3. The Morgan fingerprint density at radius 1 is 1.10 bits per heavy atom. The Bertz CT molecular complexity index is 781.